The SMILES string of the molecule is OC[C@H]1[C@H](c2ccc(Br)cc2)[C@H]2CN(Cc3ccccn3)CCCCN21. The first-order valence-electron chi connectivity index (χ1n) is 9.50. The third-order valence-corrected chi connectivity index (χ3v) is 6.35. The van der Waals surface area contributed by atoms with E-state index in [2.05, 4.69) is 67.1 Å². The maximum absolute atomic E-state index is 10.00. The highest BCUT2D eigenvalue weighted by molar-refractivity contribution is 9.10. The highest BCUT2D eigenvalue weighted by Gasteiger charge is 2.48. The molecule has 0 radical (unpaired) electrons. The topological polar surface area (TPSA) is 39.6 Å². The molecule has 1 N–H and O–H groups in total. The Bertz CT molecular complexity index is 709. The van der Waals surface area contributed by atoms with Crippen LogP contribution in [0, 0.1) is 0 Å². The molecule has 5 heteroatoms. The monoisotopic (exact) mass is 415 g/mol. The van der Waals surface area contributed by atoms with Crippen molar-refractivity contribution >= 4 is 15.9 Å². The summed E-state index contributed by atoms with van der Waals surface area (Å²) in [6, 6.07) is 15.5. The number of benzene rings is 1. The van der Waals surface area contributed by atoms with Crippen LogP contribution in [0.3, 0.4) is 0 Å². The van der Waals surface area contributed by atoms with Crippen LogP contribution in [-0.4, -0.2) is 58.2 Å². The van der Waals surface area contributed by atoms with Crippen LogP contribution in [0.25, 0.3) is 0 Å². The van der Waals surface area contributed by atoms with Crippen molar-refractivity contribution < 1.29 is 5.11 Å². The van der Waals surface area contributed by atoms with Crippen LogP contribution >= 0.6 is 15.9 Å². The molecule has 2 fully saturated rings. The number of aliphatic hydroxyl groups excluding tert-OH is 1. The first kappa shape index (κ1) is 18.1. The summed E-state index contributed by atoms with van der Waals surface area (Å²) in [6.07, 6.45) is 4.28. The lowest BCUT2D eigenvalue weighted by Gasteiger charge is -2.57. The van der Waals surface area contributed by atoms with E-state index in [0.717, 1.165) is 36.3 Å². The molecular formula is C21H26BrN3O. The normalized spacial score (nSPS) is 27.2. The van der Waals surface area contributed by atoms with Crippen molar-refractivity contribution in [3.8, 4) is 0 Å². The number of halogens is 1. The molecule has 3 atom stereocenters. The van der Waals surface area contributed by atoms with Crippen molar-refractivity contribution in [1.29, 1.82) is 0 Å². The first-order chi connectivity index (χ1) is 12.8. The van der Waals surface area contributed by atoms with Crippen LogP contribution < -0.4 is 0 Å². The molecule has 2 aromatic rings. The minimum atomic E-state index is 0.234. The molecule has 2 aliphatic rings. The summed E-state index contributed by atoms with van der Waals surface area (Å²) in [5, 5.41) is 10.00. The maximum atomic E-state index is 10.00. The predicted molar refractivity (Wildman–Crippen MR) is 107 cm³/mol. The van der Waals surface area contributed by atoms with Gasteiger partial charge in [-0.3, -0.25) is 14.8 Å². The van der Waals surface area contributed by atoms with E-state index in [1.165, 1.54) is 18.4 Å². The molecule has 0 aliphatic carbocycles. The molecule has 3 heterocycles. The zero-order valence-corrected chi connectivity index (χ0v) is 16.6. The van der Waals surface area contributed by atoms with Crippen LogP contribution in [-0.2, 0) is 6.54 Å². The minimum absolute atomic E-state index is 0.234. The maximum Gasteiger partial charge on any atom is 0.0593 e. The van der Waals surface area contributed by atoms with Crippen LogP contribution in [0.2, 0.25) is 0 Å². The number of nitrogens with zero attached hydrogens (tertiary/aromatic N) is 3. The third-order valence-electron chi connectivity index (χ3n) is 5.82. The zero-order valence-electron chi connectivity index (χ0n) is 15.0. The molecule has 1 aromatic heterocycles. The number of hydrogen-bond donors (Lipinski definition) is 1. The molecule has 0 bridgehead atoms. The third kappa shape index (κ3) is 3.72. The van der Waals surface area contributed by atoms with Gasteiger partial charge in [-0.15, -0.1) is 0 Å². The second-order valence-electron chi connectivity index (χ2n) is 7.40. The second kappa shape index (κ2) is 8.17. The summed E-state index contributed by atoms with van der Waals surface area (Å²) >= 11 is 3.53. The summed E-state index contributed by atoms with van der Waals surface area (Å²) in [5.41, 5.74) is 2.48. The Labute approximate surface area is 164 Å². The Hall–Kier alpha value is -1.27. The van der Waals surface area contributed by atoms with Gasteiger partial charge in [0.05, 0.1) is 12.3 Å². The fourth-order valence-corrected chi connectivity index (χ4v) is 4.83. The smallest absolute Gasteiger partial charge is 0.0593 e. The van der Waals surface area contributed by atoms with Crippen molar-refractivity contribution in [2.24, 2.45) is 0 Å². The number of rotatable bonds is 4. The number of aromatic nitrogens is 1. The van der Waals surface area contributed by atoms with Gasteiger partial charge in [-0.2, -0.15) is 0 Å². The first-order valence-corrected chi connectivity index (χ1v) is 10.3. The average Bonchev–Trinajstić information content (AvgIpc) is 2.65. The van der Waals surface area contributed by atoms with E-state index >= 15 is 0 Å². The Morgan fingerprint density at radius 3 is 2.62 bits per heavy atom. The number of hydrogen-bond acceptors (Lipinski definition) is 4. The van der Waals surface area contributed by atoms with E-state index in [4.69, 9.17) is 0 Å². The molecule has 26 heavy (non-hydrogen) atoms. The summed E-state index contributed by atoms with van der Waals surface area (Å²) in [6.45, 7) is 4.39. The molecule has 0 amide bonds. The van der Waals surface area contributed by atoms with Gasteiger partial charge in [0.1, 0.15) is 0 Å². The van der Waals surface area contributed by atoms with Gasteiger partial charge >= 0.3 is 0 Å². The molecule has 2 saturated heterocycles. The average molecular weight is 416 g/mol. The lowest BCUT2D eigenvalue weighted by atomic mass is 9.74. The van der Waals surface area contributed by atoms with E-state index in [9.17, 15) is 5.11 Å². The fraction of sp³-hybridized carbons (Fsp3) is 0.476. The number of fused-ring (bicyclic) bond motifs is 1. The van der Waals surface area contributed by atoms with Gasteiger partial charge in [0.2, 0.25) is 0 Å². The fourth-order valence-electron chi connectivity index (χ4n) is 4.56. The van der Waals surface area contributed by atoms with Gasteiger partial charge in [0.25, 0.3) is 0 Å². The van der Waals surface area contributed by atoms with Crippen molar-refractivity contribution in [3.05, 3.63) is 64.4 Å². The molecule has 1 aromatic carbocycles. The van der Waals surface area contributed by atoms with Crippen molar-refractivity contribution in [1.82, 2.24) is 14.8 Å². The van der Waals surface area contributed by atoms with Crippen molar-refractivity contribution in [3.63, 3.8) is 0 Å². The Morgan fingerprint density at radius 1 is 1.08 bits per heavy atom. The number of pyridine rings is 1. The van der Waals surface area contributed by atoms with E-state index in [0.29, 0.717) is 12.0 Å². The summed E-state index contributed by atoms with van der Waals surface area (Å²) in [5.74, 6) is 0.400. The van der Waals surface area contributed by atoms with E-state index in [-0.39, 0.29) is 12.6 Å². The standard InChI is InChI=1S/C21H26BrN3O/c22-17-8-6-16(7-9-17)21-19-14-24(13-18-5-1-2-10-23-18)11-3-4-12-25(19)20(21)15-26/h1-2,5-10,19-21,26H,3-4,11-15H2/t19-,20+,21-/m1/s1. The molecule has 0 saturated carbocycles. The zero-order chi connectivity index (χ0) is 17.9. The minimum Gasteiger partial charge on any atom is -0.395 e. The largest absolute Gasteiger partial charge is 0.395 e. The van der Waals surface area contributed by atoms with Crippen molar-refractivity contribution in [2.45, 2.75) is 37.4 Å². The molecule has 2 aliphatic heterocycles. The van der Waals surface area contributed by atoms with Crippen LogP contribution in [0.5, 0.6) is 0 Å². The second-order valence-corrected chi connectivity index (χ2v) is 8.31. The van der Waals surface area contributed by atoms with Gasteiger partial charge in [-0.05, 0) is 55.8 Å². The van der Waals surface area contributed by atoms with E-state index in [1.54, 1.807) is 0 Å². The molecule has 0 unspecified atom stereocenters. The lowest BCUT2D eigenvalue weighted by Crippen LogP contribution is -2.67. The molecule has 0 spiro atoms. The van der Waals surface area contributed by atoms with Crippen LogP contribution in [0.15, 0.2) is 53.1 Å². The van der Waals surface area contributed by atoms with E-state index < -0.39 is 0 Å². The highest BCUT2D eigenvalue weighted by Crippen LogP contribution is 2.42. The highest BCUT2D eigenvalue weighted by atomic mass is 79.9. The molecule has 4 nitrogen and oxygen atoms in total. The van der Waals surface area contributed by atoms with Gasteiger partial charge in [-0.1, -0.05) is 34.1 Å². The van der Waals surface area contributed by atoms with Gasteiger partial charge in [0.15, 0.2) is 0 Å². The molecular weight excluding hydrogens is 390 g/mol. The summed E-state index contributed by atoms with van der Waals surface area (Å²) in [7, 11) is 0. The van der Waals surface area contributed by atoms with Gasteiger partial charge in [0, 0.05) is 41.8 Å². The van der Waals surface area contributed by atoms with E-state index in [1.807, 2.05) is 12.3 Å². The Kier molecular flexibility index (Phi) is 5.69. The van der Waals surface area contributed by atoms with Gasteiger partial charge < -0.3 is 5.11 Å². The predicted octanol–water partition coefficient (Wildman–Crippen LogP) is 3.27. The Balaban J connectivity index is 1.54. The van der Waals surface area contributed by atoms with Crippen LogP contribution in [0.4, 0.5) is 0 Å². The molecule has 138 valence electrons. The summed E-state index contributed by atoms with van der Waals surface area (Å²) < 4.78 is 1.10. The summed E-state index contributed by atoms with van der Waals surface area (Å²) in [4.78, 5) is 9.57. The van der Waals surface area contributed by atoms with Crippen LogP contribution in [0.1, 0.15) is 30.0 Å². The quantitative estimate of drug-likeness (QED) is 0.831. The Morgan fingerprint density at radius 2 is 1.88 bits per heavy atom. The molecule has 4 rings (SSSR count). The van der Waals surface area contributed by atoms with Gasteiger partial charge in [-0.25, -0.2) is 0 Å². The lowest BCUT2D eigenvalue weighted by molar-refractivity contribution is -0.0656. The number of aliphatic hydroxyl groups is 1. The van der Waals surface area contributed by atoms with Crippen molar-refractivity contribution in [2.75, 3.05) is 26.2 Å².